The van der Waals surface area contributed by atoms with E-state index in [0.717, 1.165) is 27.6 Å². The molecular weight excluding hydrogens is 407 g/mol. The Balaban J connectivity index is 1.72. The summed E-state index contributed by atoms with van der Waals surface area (Å²) in [5.41, 5.74) is -1.64. The molecule has 3 aromatic heterocycles. The van der Waals surface area contributed by atoms with Crippen LogP contribution in [0.1, 0.15) is 30.1 Å². The normalized spacial score (nSPS) is 17.9. The molecule has 1 atom stereocenters. The minimum Gasteiger partial charge on any atom is -0.366 e. The van der Waals surface area contributed by atoms with E-state index in [2.05, 4.69) is 15.2 Å². The van der Waals surface area contributed by atoms with Gasteiger partial charge in [0.1, 0.15) is 11.5 Å². The van der Waals surface area contributed by atoms with Crippen molar-refractivity contribution in [1.82, 2.24) is 19.6 Å². The molecule has 5 nitrogen and oxygen atoms in total. The first-order valence-electron chi connectivity index (χ1n) is 8.53. The van der Waals surface area contributed by atoms with E-state index in [1.54, 1.807) is 0 Å². The molecule has 29 heavy (non-hydrogen) atoms. The van der Waals surface area contributed by atoms with Gasteiger partial charge in [0.2, 0.25) is 11.6 Å². The van der Waals surface area contributed by atoms with Crippen molar-refractivity contribution in [3.63, 3.8) is 0 Å². The second-order valence-corrected chi connectivity index (χ2v) is 6.66. The van der Waals surface area contributed by atoms with Crippen LogP contribution in [0.2, 0.25) is 0 Å². The van der Waals surface area contributed by atoms with E-state index in [1.165, 1.54) is 0 Å². The van der Waals surface area contributed by atoms with Crippen LogP contribution in [0.25, 0.3) is 5.65 Å². The third-order valence-corrected chi connectivity index (χ3v) is 4.83. The third-order valence-electron chi connectivity index (χ3n) is 4.83. The number of halogens is 7. The molecule has 1 aliphatic rings. The van der Waals surface area contributed by atoms with Crippen molar-refractivity contribution in [3.05, 3.63) is 53.2 Å². The Kier molecular flexibility index (Phi) is 4.58. The molecule has 12 heteroatoms. The van der Waals surface area contributed by atoms with Gasteiger partial charge in [-0.1, -0.05) is 0 Å². The Labute approximate surface area is 158 Å². The molecule has 154 valence electrons. The Morgan fingerprint density at radius 3 is 2.31 bits per heavy atom. The summed E-state index contributed by atoms with van der Waals surface area (Å²) in [7, 11) is 0. The molecule has 1 fully saturated rings. The van der Waals surface area contributed by atoms with Crippen molar-refractivity contribution < 1.29 is 30.7 Å². The number of fused-ring (bicyclic) bond motifs is 1. The Morgan fingerprint density at radius 1 is 0.966 bits per heavy atom. The molecule has 3 aromatic rings. The van der Waals surface area contributed by atoms with Crippen molar-refractivity contribution in [2.75, 3.05) is 18.0 Å². The monoisotopic (exact) mass is 419 g/mol. The molecule has 0 N–H and O–H groups in total. The predicted molar refractivity (Wildman–Crippen MR) is 86.2 cm³/mol. The van der Waals surface area contributed by atoms with Crippen molar-refractivity contribution in [3.8, 4) is 0 Å². The summed E-state index contributed by atoms with van der Waals surface area (Å²) in [4.78, 5) is 3.63. The van der Waals surface area contributed by atoms with Gasteiger partial charge in [0.25, 0.3) is 11.9 Å². The van der Waals surface area contributed by atoms with Crippen LogP contribution in [-0.4, -0.2) is 32.7 Å². The minimum atomic E-state index is -4.58. The van der Waals surface area contributed by atoms with Gasteiger partial charge in [-0.3, -0.25) is 4.40 Å². The van der Waals surface area contributed by atoms with E-state index in [1.807, 2.05) is 0 Å². The minimum absolute atomic E-state index is 0.0950. The maximum Gasteiger partial charge on any atom is 0.417 e. The average molecular weight is 419 g/mol. The average Bonchev–Trinajstić information content (AvgIpc) is 3.09. The SMILES string of the molecule is Fc1nc(F)c(F)c(N2CCCC(c3nnc4ccc(C(F)(F)F)cn34)C2)c1F. The molecular formula is C17H12F7N5. The van der Waals surface area contributed by atoms with E-state index in [-0.39, 0.29) is 24.6 Å². The second-order valence-electron chi connectivity index (χ2n) is 6.66. The molecule has 0 spiro atoms. The summed E-state index contributed by atoms with van der Waals surface area (Å²) in [5, 5.41) is 7.75. The molecule has 0 aromatic carbocycles. The smallest absolute Gasteiger partial charge is 0.366 e. The van der Waals surface area contributed by atoms with Crippen LogP contribution in [0, 0.1) is 23.5 Å². The molecule has 0 saturated carbocycles. The maximum absolute atomic E-state index is 14.1. The summed E-state index contributed by atoms with van der Waals surface area (Å²) in [6.07, 6.45) is -2.93. The topological polar surface area (TPSA) is 46.3 Å². The van der Waals surface area contributed by atoms with Gasteiger partial charge in [0, 0.05) is 25.2 Å². The van der Waals surface area contributed by atoms with E-state index in [9.17, 15) is 30.7 Å². The Hall–Kier alpha value is -2.92. The van der Waals surface area contributed by atoms with E-state index < -0.39 is 46.9 Å². The van der Waals surface area contributed by atoms with Gasteiger partial charge in [0.05, 0.1) is 5.56 Å². The second kappa shape index (κ2) is 6.85. The zero-order valence-electron chi connectivity index (χ0n) is 14.5. The highest BCUT2D eigenvalue weighted by molar-refractivity contribution is 5.49. The van der Waals surface area contributed by atoms with E-state index >= 15 is 0 Å². The summed E-state index contributed by atoms with van der Waals surface area (Å²) >= 11 is 0. The predicted octanol–water partition coefficient (Wildman–Crippen LogP) is 4.08. The van der Waals surface area contributed by atoms with Crippen LogP contribution in [0.4, 0.5) is 36.4 Å². The highest BCUT2D eigenvalue weighted by Gasteiger charge is 2.34. The zero-order chi connectivity index (χ0) is 20.9. The number of piperidine rings is 1. The van der Waals surface area contributed by atoms with Gasteiger partial charge in [-0.05, 0) is 25.0 Å². The molecule has 1 saturated heterocycles. The number of hydrogen-bond acceptors (Lipinski definition) is 4. The van der Waals surface area contributed by atoms with Crippen LogP contribution < -0.4 is 4.90 Å². The summed E-state index contributed by atoms with van der Waals surface area (Å²) < 4.78 is 95.3. The van der Waals surface area contributed by atoms with E-state index in [0.29, 0.717) is 12.8 Å². The summed E-state index contributed by atoms with van der Waals surface area (Å²) in [5.74, 6) is -7.22. The zero-order valence-corrected chi connectivity index (χ0v) is 14.5. The highest BCUT2D eigenvalue weighted by Crippen LogP contribution is 2.34. The van der Waals surface area contributed by atoms with Gasteiger partial charge in [-0.15, -0.1) is 10.2 Å². The lowest BCUT2D eigenvalue weighted by atomic mass is 9.96. The third kappa shape index (κ3) is 3.36. The van der Waals surface area contributed by atoms with Gasteiger partial charge in [-0.2, -0.15) is 35.7 Å². The number of aromatic nitrogens is 4. The lowest BCUT2D eigenvalue weighted by Gasteiger charge is -2.33. The van der Waals surface area contributed by atoms with Crippen molar-refractivity contribution in [2.45, 2.75) is 24.9 Å². The van der Waals surface area contributed by atoms with Crippen molar-refractivity contribution >= 4 is 11.3 Å². The molecule has 4 rings (SSSR count). The Bertz CT molecular complexity index is 1050. The number of rotatable bonds is 2. The first-order chi connectivity index (χ1) is 13.7. The number of pyridine rings is 2. The first kappa shape index (κ1) is 19.4. The van der Waals surface area contributed by atoms with Crippen LogP contribution in [0.5, 0.6) is 0 Å². The number of anilines is 1. The molecule has 0 radical (unpaired) electrons. The number of alkyl halides is 3. The van der Waals surface area contributed by atoms with E-state index in [4.69, 9.17) is 0 Å². The van der Waals surface area contributed by atoms with Gasteiger partial charge in [-0.25, -0.2) is 0 Å². The molecule has 0 amide bonds. The first-order valence-corrected chi connectivity index (χ1v) is 8.53. The molecule has 1 aliphatic heterocycles. The quantitative estimate of drug-likeness (QED) is 0.464. The molecule has 1 unspecified atom stereocenters. The van der Waals surface area contributed by atoms with Crippen LogP contribution in [-0.2, 0) is 6.18 Å². The largest absolute Gasteiger partial charge is 0.417 e. The number of nitrogens with zero attached hydrogens (tertiary/aromatic N) is 5. The van der Waals surface area contributed by atoms with Crippen LogP contribution in [0.15, 0.2) is 18.3 Å². The summed E-state index contributed by atoms with van der Waals surface area (Å²) in [6.45, 7) is -0.0223. The summed E-state index contributed by atoms with van der Waals surface area (Å²) in [6, 6.07) is 2.03. The number of hydrogen-bond donors (Lipinski definition) is 0. The van der Waals surface area contributed by atoms with Crippen LogP contribution >= 0.6 is 0 Å². The molecule has 0 aliphatic carbocycles. The van der Waals surface area contributed by atoms with Gasteiger partial charge in [0.15, 0.2) is 5.65 Å². The maximum atomic E-state index is 14.1. The fraction of sp³-hybridized carbons (Fsp3) is 0.353. The lowest BCUT2D eigenvalue weighted by molar-refractivity contribution is -0.137. The van der Waals surface area contributed by atoms with Crippen LogP contribution in [0.3, 0.4) is 0 Å². The van der Waals surface area contributed by atoms with Gasteiger partial charge >= 0.3 is 6.18 Å². The van der Waals surface area contributed by atoms with Gasteiger partial charge < -0.3 is 4.90 Å². The van der Waals surface area contributed by atoms with Crippen molar-refractivity contribution in [2.24, 2.45) is 0 Å². The fourth-order valence-corrected chi connectivity index (χ4v) is 3.50. The highest BCUT2D eigenvalue weighted by atomic mass is 19.4. The van der Waals surface area contributed by atoms with Crippen molar-refractivity contribution in [1.29, 1.82) is 0 Å². The fourth-order valence-electron chi connectivity index (χ4n) is 3.50. The molecule has 0 bridgehead atoms. The lowest BCUT2D eigenvalue weighted by Crippen LogP contribution is -2.36. The Morgan fingerprint density at radius 2 is 1.66 bits per heavy atom. The standard InChI is InChI=1S/C17H12F7N5/c18-11-13(12(19)15(21)25-14(11)20)28-5-1-2-8(6-28)16-27-26-10-4-3-9(7-29(10)16)17(22,23)24/h3-4,7-8H,1-2,5-6H2. The molecule has 4 heterocycles.